The Morgan fingerprint density at radius 2 is 1.79 bits per heavy atom. The maximum absolute atomic E-state index is 13.3. The molecular formula is C15H13F2NO. The molecule has 0 aliphatic rings. The third-order valence-electron chi connectivity index (χ3n) is 2.79. The van der Waals surface area contributed by atoms with Gasteiger partial charge in [0, 0.05) is 18.7 Å². The predicted molar refractivity (Wildman–Crippen MR) is 68.7 cm³/mol. The van der Waals surface area contributed by atoms with Crippen molar-refractivity contribution in [2.24, 2.45) is 0 Å². The molecule has 0 aliphatic carbocycles. The van der Waals surface area contributed by atoms with Crippen molar-refractivity contribution in [2.45, 2.75) is 13.1 Å². The molecular weight excluding hydrogens is 248 g/mol. The molecule has 0 saturated carbocycles. The maximum atomic E-state index is 13.3. The fraction of sp³-hybridized carbons (Fsp3) is 0.133. The van der Waals surface area contributed by atoms with E-state index >= 15 is 0 Å². The third kappa shape index (κ3) is 3.45. The van der Waals surface area contributed by atoms with Crippen LogP contribution in [-0.2, 0) is 13.1 Å². The summed E-state index contributed by atoms with van der Waals surface area (Å²) in [6.07, 6.45) is 0.478. The lowest BCUT2D eigenvalue weighted by Gasteiger charge is -2.06. The first kappa shape index (κ1) is 13.4. The minimum absolute atomic E-state index is 0.0397. The molecule has 0 aliphatic heterocycles. The lowest BCUT2D eigenvalue weighted by atomic mass is 10.1. The van der Waals surface area contributed by atoms with Crippen LogP contribution >= 0.6 is 0 Å². The zero-order chi connectivity index (χ0) is 13.7. The molecule has 0 bridgehead atoms. The van der Waals surface area contributed by atoms with Gasteiger partial charge in [-0.15, -0.1) is 0 Å². The molecule has 0 saturated heterocycles. The van der Waals surface area contributed by atoms with Crippen LogP contribution in [0.2, 0.25) is 0 Å². The highest BCUT2D eigenvalue weighted by Gasteiger charge is 2.03. The number of carbonyl (C=O) groups excluding carboxylic acids is 1. The van der Waals surface area contributed by atoms with E-state index in [0.29, 0.717) is 30.5 Å². The number of hydrogen-bond acceptors (Lipinski definition) is 2. The Balaban J connectivity index is 1.94. The Kier molecular flexibility index (Phi) is 4.36. The van der Waals surface area contributed by atoms with Crippen molar-refractivity contribution in [1.82, 2.24) is 5.32 Å². The molecule has 0 aromatic heterocycles. The number of halogens is 2. The normalized spacial score (nSPS) is 10.4. The van der Waals surface area contributed by atoms with Gasteiger partial charge in [-0.2, -0.15) is 0 Å². The average Bonchev–Trinajstić information content (AvgIpc) is 2.41. The van der Waals surface area contributed by atoms with Crippen LogP contribution in [0.3, 0.4) is 0 Å². The molecule has 2 nitrogen and oxygen atoms in total. The lowest BCUT2D eigenvalue weighted by Crippen LogP contribution is -2.14. The van der Waals surface area contributed by atoms with Crippen molar-refractivity contribution in [3.05, 3.63) is 70.8 Å². The molecule has 2 aromatic rings. The van der Waals surface area contributed by atoms with E-state index in [0.717, 1.165) is 0 Å². The van der Waals surface area contributed by atoms with Gasteiger partial charge in [0.15, 0.2) is 6.29 Å². The van der Waals surface area contributed by atoms with E-state index in [1.165, 1.54) is 18.2 Å². The van der Waals surface area contributed by atoms with Crippen LogP contribution in [0, 0.1) is 11.6 Å². The molecule has 0 unspecified atom stereocenters. The first-order chi connectivity index (χ1) is 9.20. The summed E-state index contributed by atoms with van der Waals surface area (Å²) in [5.41, 5.74) is 1.31. The van der Waals surface area contributed by atoms with Crippen LogP contribution in [0.5, 0.6) is 0 Å². The van der Waals surface area contributed by atoms with Gasteiger partial charge in [-0.05, 0) is 23.8 Å². The van der Waals surface area contributed by atoms with Crippen molar-refractivity contribution in [3.63, 3.8) is 0 Å². The number of hydrogen-bond donors (Lipinski definition) is 1. The minimum Gasteiger partial charge on any atom is -0.309 e. The van der Waals surface area contributed by atoms with Gasteiger partial charge in [0.25, 0.3) is 0 Å². The summed E-state index contributed by atoms with van der Waals surface area (Å²) in [5, 5.41) is 3.03. The largest absolute Gasteiger partial charge is 0.309 e. The minimum atomic E-state index is -0.541. The first-order valence-corrected chi connectivity index (χ1v) is 5.88. The van der Waals surface area contributed by atoms with E-state index in [-0.39, 0.29) is 11.4 Å². The number of rotatable bonds is 5. The topological polar surface area (TPSA) is 29.1 Å². The van der Waals surface area contributed by atoms with Gasteiger partial charge in [-0.3, -0.25) is 4.79 Å². The van der Waals surface area contributed by atoms with Gasteiger partial charge >= 0.3 is 0 Å². The highest BCUT2D eigenvalue weighted by Crippen LogP contribution is 2.09. The molecule has 0 fully saturated rings. The van der Waals surface area contributed by atoms with Crippen LogP contribution in [0.25, 0.3) is 0 Å². The van der Waals surface area contributed by atoms with E-state index < -0.39 is 5.82 Å². The summed E-state index contributed by atoms with van der Waals surface area (Å²) in [6, 6.07) is 10.9. The van der Waals surface area contributed by atoms with E-state index in [1.807, 2.05) is 0 Å². The second kappa shape index (κ2) is 6.20. The molecule has 0 heterocycles. The molecule has 4 heteroatoms. The first-order valence-electron chi connectivity index (χ1n) is 5.88. The molecule has 2 aromatic carbocycles. The van der Waals surface area contributed by atoms with Gasteiger partial charge in [0.05, 0.1) is 5.56 Å². The molecule has 0 atom stereocenters. The quantitative estimate of drug-likeness (QED) is 0.838. The summed E-state index contributed by atoms with van der Waals surface area (Å²) in [4.78, 5) is 10.5. The molecule has 98 valence electrons. The fourth-order valence-electron chi connectivity index (χ4n) is 1.76. The molecule has 0 spiro atoms. The van der Waals surface area contributed by atoms with Crippen LogP contribution in [0.1, 0.15) is 21.5 Å². The SMILES string of the molecule is O=Cc1ccc(CNCc2ccccc2F)cc1F. The van der Waals surface area contributed by atoms with Crippen molar-refractivity contribution >= 4 is 6.29 Å². The van der Waals surface area contributed by atoms with Gasteiger partial charge in [-0.1, -0.05) is 24.3 Å². The second-order valence-corrected chi connectivity index (χ2v) is 4.17. The van der Waals surface area contributed by atoms with Gasteiger partial charge in [-0.25, -0.2) is 8.78 Å². The smallest absolute Gasteiger partial charge is 0.152 e. The standard InChI is InChI=1S/C15H13F2NO/c16-14-4-2-1-3-12(14)9-18-8-11-5-6-13(10-19)15(17)7-11/h1-7,10,18H,8-9H2. The number of aldehydes is 1. The fourth-order valence-corrected chi connectivity index (χ4v) is 1.76. The number of carbonyl (C=O) groups is 1. The van der Waals surface area contributed by atoms with Gasteiger partial charge in [0.1, 0.15) is 11.6 Å². The average molecular weight is 261 g/mol. The van der Waals surface area contributed by atoms with Crippen LogP contribution in [-0.4, -0.2) is 6.29 Å². The number of nitrogens with one attached hydrogen (secondary N) is 1. The number of benzene rings is 2. The zero-order valence-corrected chi connectivity index (χ0v) is 10.2. The van der Waals surface area contributed by atoms with E-state index in [4.69, 9.17) is 0 Å². The van der Waals surface area contributed by atoms with E-state index in [1.54, 1.807) is 24.3 Å². The van der Waals surface area contributed by atoms with Gasteiger partial charge in [0.2, 0.25) is 0 Å². The van der Waals surface area contributed by atoms with Crippen LogP contribution < -0.4 is 5.32 Å². The highest BCUT2D eigenvalue weighted by atomic mass is 19.1. The Morgan fingerprint density at radius 1 is 1.00 bits per heavy atom. The third-order valence-corrected chi connectivity index (χ3v) is 2.79. The maximum Gasteiger partial charge on any atom is 0.152 e. The van der Waals surface area contributed by atoms with Crippen molar-refractivity contribution in [3.8, 4) is 0 Å². The Bertz CT molecular complexity index is 584. The molecule has 2 rings (SSSR count). The van der Waals surface area contributed by atoms with Crippen molar-refractivity contribution in [1.29, 1.82) is 0 Å². The molecule has 0 radical (unpaired) electrons. The Labute approximate surface area is 110 Å². The van der Waals surface area contributed by atoms with Gasteiger partial charge < -0.3 is 5.32 Å². The summed E-state index contributed by atoms with van der Waals surface area (Å²) < 4.78 is 26.7. The summed E-state index contributed by atoms with van der Waals surface area (Å²) in [6.45, 7) is 0.772. The Morgan fingerprint density at radius 3 is 2.47 bits per heavy atom. The monoisotopic (exact) mass is 261 g/mol. The van der Waals surface area contributed by atoms with Crippen LogP contribution in [0.4, 0.5) is 8.78 Å². The lowest BCUT2D eigenvalue weighted by molar-refractivity contribution is 0.112. The van der Waals surface area contributed by atoms with E-state index in [9.17, 15) is 13.6 Å². The molecule has 1 N–H and O–H groups in total. The molecule has 0 amide bonds. The van der Waals surface area contributed by atoms with Crippen LogP contribution in [0.15, 0.2) is 42.5 Å². The van der Waals surface area contributed by atoms with Crippen molar-refractivity contribution in [2.75, 3.05) is 0 Å². The summed E-state index contributed by atoms with van der Waals surface area (Å²) in [7, 11) is 0. The molecule has 19 heavy (non-hydrogen) atoms. The zero-order valence-electron chi connectivity index (χ0n) is 10.2. The van der Waals surface area contributed by atoms with E-state index in [2.05, 4.69) is 5.32 Å². The Hall–Kier alpha value is -2.07. The summed E-state index contributed by atoms with van der Waals surface area (Å²) >= 11 is 0. The summed E-state index contributed by atoms with van der Waals surface area (Å²) in [5.74, 6) is -0.808. The van der Waals surface area contributed by atoms with Crippen molar-refractivity contribution < 1.29 is 13.6 Å². The highest BCUT2D eigenvalue weighted by molar-refractivity contribution is 5.75. The predicted octanol–water partition coefficient (Wildman–Crippen LogP) is 3.07. The second-order valence-electron chi connectivity index (χ2n) is 4.17.